The molecule has 1 atom stereocenters. The lowest BCUT2D eigenvalue weighted by atomic mass is 9.98. The Bertz CT molecular complexity index is 1490. The third-order valence-corrected chi connectivity index (χ3v) is 8.94. The minimum atomic E-state index is -0.445. The van der Waals surface area contributed by atoms with Gasteiger partial charge in [-0.25, -0.2) is 15.0 Å². The minimum absolute atomic E-state index is 0.0470. The molecule has 3 heterocycles. The van der Waals surface area contributed by atoms with Gasteiger partial charge in [-0.2, -0.15) is 9.94 Å². The number of carbonyl (C=O) groups is 1. The van der Waals surface area contributed by atoms with Crippen LogP contribution in [0.4, 0.5) is 10.1 Å². The fourth-order valence-corrected chi connectivity index (χ4v) is 6.13. The Morgan fingerprint density at radius 2 is 1.70 bits per heavy atom. The summed E-state index contributed by atoms with van der Waals surface area (Å²) in [5, 5.41) is 16.3. The van der Waals surface area contributed by atoms with Crippen molar-refractivity contribution in [3.05, 3.63) is 53.1 Å². The number of anilines is 1. The number of allylic oxidation sites excluding steroid dienone is 2. The number of unbranched alkanes of at least 4 members (excludes halogenated alkanes) is 1. The highest BCUT2D eigenvalue weighted by Crippen LogP contribution is 2.41. The molecule has 1 aliphatic rings. The van der Waals surface area contributed by atoms with E-state index in [1.807, 2.05) is 30.3 Å². The molecule has 1 unspecified atom stereocenters. The SMILES string of the molecule is CCCCC(CC)c1nc2n(n1)C(=O)C(C#N)=C(C)C2=Nc1sc(N(CCC(C)C)CCC(C)C)nc1-c1ccccc1. The Morgan fingerprint density at radius 1 is 1.02 bits per heavy atom. The van der Waals surface area contributed by atoms with Gasteiger partial charge in [0.25, 0.3) is 5.91 Å². The number of rotatable bonds is 14. The number of fused-ring (bicyclic) bond motifs is 1. The third kappa shape index (κ3) is 7.48. The maximum atomic E-state index is 13.3. The van der Waals surface area contributed by atoms with Crippen molar-refractivity contribution in [2.75, 3.05) is 18.0 Å². The Kier molecular flexibility index (Phi) is 11.0. The fourth-order valence-electron chi connectivity index (χ4n) is 5.11. The first-order valence-electron chi connectivity index (χ1n) is 15.7. The topological polar surface area (TPSA) is 100 Å². The van der Waals surface area contributed by atoms with Crippen molar-refractivity contribution in [3.8, 4) is 17.3 Å². The molecule has 0 radical (unpaired) electrons. The van der Waals surface area contributed by atoms with Crippen LogP contribution in [-0.2, 0) is 0 Å². The van der Waals surface area contributed by atoms with E-state index in [4.69, 9.17) is 15.0 Å². The lowest BCUT2D eigenvalue weighted by Gasteiger charge is -2.23. The molecule has 43 heavy (non-hydrogen) atoms. The lowest BCUT2D eigenvalue weighted by Crippen LogP contribution is -2.28. The monoisotopic (exact) mass is 599 g/mol. The number of benzene rings is 1. The van der Waals surface area contributed by atoms with E-state index in [0.717, 1.165) is 73.0 Å². The molecule has 0 aliphatic carbocycles. The van der Waals surface area contributed by atoms with Gasteiger partial charge in [0.05, 0.1) is 0 Å². The molecule has 0 spiro atoms. The van der Waals surface area contributed by atoms with E-state index in [1.54, 1.807) is 18.3 Å². The quantitative estimate of drug-likeness (QED) is 0.184. The molecular formula is C34H45N7OS. The van der Waals surface area contributed by atoms with E-state index in [-0.39, 0.29) is 11.5 Å². The van der Waals surface area contributed by atoms with Crippen LogP contribution in [-0.4, -0.2) is 44.5 Å². The summed E-state index contributed by atoms with van der Waals surface area (Å²) in [5.74, 6) is 1.90. The van der Waals surface area contributed by atoms with Gasteiger partial charge in [-0.3, -0.25) is 4.79 Å². The summed E-state index contributed by atoms with van der Waals surface area (Å²) in [6, 6.07) is 12.2. The molecule has 9 heteroatoms. The molecule has 1 aromatic carbocycles. The van der Waals surface area contributed by atoms with E-state index >= 15 is 0 Å². The number of aliphatic imine (C=N–C) groups is 1. The molecule has 228 valence electrons. The highest BCUT2D eigenvalue weighted by atomic mass is 32.1. The molecule has 8 nitrogen and oxygen atoms in total. The van der Waals surface area contributed by atoms with Crippen molar-refractivity contribution in [2.45, 2.75) is 92.9 Å². The number of aromatic nitrogens is 4. The number of carbonyl (C=O) groups excluding carboxylic acids is 1. The molecule has 0 bridgehead atoms. The summed E-state index contributed by atoms with van der Waals surface area (Å²) in [6.07, 6.45) is 6.11. The van der Waals surface area contributed by atoms with E-state index in [2.05, 4.69) is 57.6 Å². The molecule has 4 rings (SSSR count). The van der Waals surface area contributed by atoms with Gasteiger partial charge < -0.3 is 4.90 Å². The van der Waals surface area contributed by atoms with Crippen LogP contribution >= 0.6 is 11.3 Å². The molecule has 1 aliphatic heterocycles. The maximum absolute atomic E-state index is 13.3. The van der Waals surface area contributed by atoms with Gasteiger partial charge in [0.2, 0.25) is 0 Å². The highest BCUT2D eigenvalue weighted by molar-refractivity contribution is 7.19. The van der Waals surface area contributed by atoms with E-state index in [9.17, 15) is 10.1 Å². The molecule has 3 aromatic rings. The van der Waals surface area contributed by atoms with Crippen LogP contribution < -0.4 is 4.90 Å². The smallest absolute Gasteiger partial charge is 0.291 e. The van der Waals surface area contributed by atoms with Gasteiger partial charge >= 0.3 is 0 Å². The number of nitrogens with zero attached hydrogens (tertiary/aromatic N) is 7. The predicted molar refractivity (Wildman–Crippen MR) is 176 cm³/mol. The number of nitriles is 1. The second-order valence-electron chi connectivity index (χ2n) is 12.2. The van der Waals surface area contributed by atoms with Crippen molar-refractivity contribution in [2.24, 2.45) is 16.8 Å². The van der Waals surface area contributed by atoms with Crippen molar-refractivity contribution < 1.29 is 4.79 Å². The van der Waals surface area contributed by atoms with Crippen LogP contribution in [0, 0.1) is 23.2 Å². The fraction of sp³-hybridized carbons (Fsp3) is 0.529. The molecule has 0 saturated carbocycles. The van der Waals surface area contributed by atoms with Crippen molar-refractivity contribution >= 4 is 33.1 Å². The van der Waals surface area contributed by atoms with Gasteiger partial charge in [0, 0.05) is 30.1 Å². The van der Waals surface area contributed by atoms with Gasteiger partial charge in [-0.05, 0) is 44.4 Å². The van der Waals surface area contributed by atoms with Gasteiger partial charge in [-0.15, -0.1) is 5.10 Å². The van der Waals surface area contributed by atoms with Gasteiger partial charge in [-0.1, -0.05) is 96.1 Å². The van der Waals surface area contributed by atoms with Gasteiger partial charge in [0.15, 0.2) is 16.8 Å². The largest absolute Gasteiger partial charge is 0.348 e. The van der Waals surface area contributed by atoms with Crippen LogP contribution in [0.15, 0.2) is 46.5 Å². The molecular weight excluding hydrogens is 554 g/mol. The normalized spacial score (nSPS) is 15.0. The summed E-state index contributed by atoms with van der Waals surface area (Å²) in [5.41, 5.74) is 2.83. The van der Waals surface area contributed by atoms with Crippen LogP contribution in [0.3, 0.4) is 0 Å². The van der Waals surface area contributed by atoms with Crippen LogP contribution in [0.2, 0.25) is 0 Å². The highest BCUT2D eigenvalue weighted by Gasteiger charge is 2.34. The zero-order valence-electron chi connectivity index (χ0n) is 26.7. The molecule has 0 amide bonds. The van der Waals surface area contributed by atoms with Gasteiger partial charge in [0.1, 0.15) is 28.0 Å². The summed E-state index contributed by atoms with van der Waals surface area (Å²) in [6.45, 7) is 16.9. The molecule has 0 fully saturated rings. The summed E-state index contributed by atoms with van der Waals surface area (Å²) in [4.78, 5) is 30.9. The molecule has 2 aromatic heterocycles. The second-order valence-corrected chi connectivity index (χ2v) is 13.2. The summed E-state index contributed by atoms with van der Waals surface area (Å²) >= 11 is 1.55. The number of hydrogen-bond acceptors (Lipinski definition) is 8. The Morgan fingerprint density at radius 3 is 2.28 bits per heavy atom. The summed E-state index contributed by atoms with van der Waals surface area (Å²) < 4.78 is 1.29. The molecule has 0 N–H and O–H groups in total. The van der Waals surface area contributed by atoms with Crippen molar-refractivity contribution in [1.82, 2.24) is 19.7 Å². The number of thiazole rings is 1. The van der Waals surface area contributed by atoms with Crippen molar-refractivity contribution in [3.63, 3.8) is 0 Å². The van der Waals surface area contributed by atoms with Crippen LogP contribution in [0.25, 0.3) is 11.3 Å². The standard InChI is InChI=1S/C34H45N7OS/c1-8-10-14-25(9-2)30-38-31-28(24(7)27(21-35)33(42)41(31)39-30)36-32-29(26-15-12-11-13-16-26)37-34(43-32)40(19-17-22(3)4)20-18-23(5)6/h11-13,15-16,22-23,25H,8-10,14,17-20H2,1-7H3. The van der Waals surface area contributed by atoms with E-state index in [1.165, 1.54) is 4.68 Å². The van der Waals surface area contributed by atoms with E-state index < -0.39 is 5.91 Å². The first-order chi connectivity index (χ1) is 20.7. The Labute approximate surface area is 260 Å². The van der Waals surface area contributed by atoms with Crippen LogP contribution in [0.1, 0.15) is 109 Å². The lowest BCUT2D eigenvalue weighted by molar-refractivity contribution is 0.0941. The first-order valence-corrected chi connectivity index (χ1v) is 16.5. The average Bonchev–Trinajstić information content (AvgIpc) is 3.61. The predicted octanol–water partition coefficient (Wildman–Crippen LogP) is 8.60. The second kappa shape index (κ2) is 14.7. The maximum Gasteiger partial charge on any atom is 0.291 e. The average molecular weight is 600 g/mol. The minimum Gasteiger partial charge on any atom is -0.348 e. The summed E-state index contributed by atoms with van der Waals surface area (Å²) in [7, 11) is 0. The van der Waals surface area contributed by atoms with Crippen LogP contribution in [0.5, 0.6) is 0 Å². The first kappa shape index (κ1) is 32.3. The Balaban J connectivity index is 1.88. The number of hydrogen-bond donors (Lipinski definition) is 0. The van der Waals surface area contributed by atoms with Crippen molar-refractivity contribution in [1.29, 1.82) is 5.26 Å². The molecule has 0 saturated heterocycles. The zero-order chi connectivity index (χ0) is 31.1. The zero-order valence-corrected chi connectivity index (χ0v) is 27.5. The Hall–Kier alpha value is -3.64. The third-order valence-electron chi connectivity index (χ3n) is 7.93. The van der Waals surface area contributed by atoms with E-state index in [0.29, 0.717) is 34.8 Å².